The first-order chi connectivity index (χ1) is 11.2. The molecule has 2 nitrogen and oxygen atoms in total. The topological polar surface area (TPSA) is 12.5 Å². The highest BCUT2D eigenvalue weighted by molar-refractivity contribution is 5.21. The van der Waals surface area contributed by atoms with Gasteiger partial charge in [0.15, 0.2) is 0 Å². The largest absolute Gasteiger partial charge is 0.354 e. The van der Waals surface area contributed by atoms with Crippen LogP contribution in [0.1, 0.15) is 49.8 Å². The van der Waals surface area contributed by atoms with Crippen LogP contribution < -0.4 is 0 Å². The van der Waals surface area contributed by atoms with Gasteiger partial charge in [0, 0.05) is 6.04 Å². The fraction of sp³-hybridized carbons (Fsp3) is 0.429. The second-order valence-corrected chi connectivity index (χ2v) is 6.58. The molecule has 0 spiro atoms. The Labute approximate surface area is 140 Å². The van der Waals surface area contributed by atoms with Crippen LogP contribution in [0.15, 0.2) is 60.7 Å². The Balaban J connectivity index is 1.73. The van der Waals surface area contributed by atoms with Gasteiger partial charge >= 0.3 is 0 Å². The van der Waals surface area contributed by atoms with Gasteiger partial charge in [-0.05, 0) is 43.9 Å². The summed E-state index contributed by atoms with van der Waals surface area (Å²) in [6.45, 7) is 4.53. The molecule has 0 aliphatic carbocycles. The zero-order valence-electron chi connectivity index (χ0n) is 14.4. The van der Waals surface area contributed by atoms with Crippen molar-refractivity contribution in [2.75, 3.05) is 7.05 Å². The van der Waals surface area contributed by atoms with Gasteiger partial charge in [-0.25, -0.2) is 0 Å². The minimum Gasteiger partial charge on any atom is -0.354 e. The van der Waals surface area contributed by atoms with Crippen molar-refractivity contribution in [1.29, 1.82) is 0 Å². The van der Waals surface area contributed by atoms with E-state index in [1.807, 2.05) is 0 Å². The summed E-state index contributed by atoms with van der Waals surface area (Å²) < 4.78 is 6.45. The maximum atomic E-state index is 6.45. The van der Waals surface area contributed by atoms with Crippen LogP contribution in [0.5, 0.6) is 0 Å². The third-order valence-electron chi connectivity index (χ3n) is 5.22. The molecule has 0 amide bonds. The third-order valence-corrected chi connectivity index (χ3v) is 5.22. The van der Waals surface area contributed by atoms with E-state index < -0.39 is 0 Å². The molecule has 1 aliphatic rings. The molecule has 0 unspecified atom stereocenters. The summed E-state index contributed by atoms with van der Waals surface area (Å²) in [4.78, 5) is 2.39. The Morgan fingerprint density at radius 1 is 1.00 bits per heavy atom. The summed E-state index contributed by atoms with van der Waals surface area (Å²) in [5.41, 5.74) is 2.70. The standard InChI is InChI=1S/C21H27NO/c1-4-17(18-11-7-5-8-12-18)15-20-22(3)16(2)21(23-20)19-13-9-6-10-14-19/h5-14,16-17,20-21H,4,15H2,1-3H3/t16-,17+,20-,21-/m0/s1. The van der Waals surface area contributed by atoms with E-state index in [0.717, 1.165) is 12.8 Å². The summed E-state index contributed by atoms with van der Waals surface area (Å²) >= 11 is 0. The summed E-state index contributed by atoms with van der Waals surface area (Å²) in [7, 11) is 2.19. The predicted molar refractivity (Wildman–Crippen MR) is 95.4 cm³/mol. The molecule has 122 valence electrons. The molecule has 0 N–H and O–H groups in total. The Kier molecular flexibility index (Phi) is 5.14. The van der Waals surface area contributed by atoms with Crippen molar-refractivity contribution in [2.24, 2.45) is 0 Å². The van der Waals surface area contributed by atoms with Gasteiger partial charge < -0.3 is 4.74 Å². The van der Waals surface area contributed by atoms with Crippen molar-refractivity contribution >= 4 is 0 Å². The van der Waals surface area contributed by atoms with Gasteiger partial charge in [0.2, 0.25) is 0 Å². The summed E-state index contributed by atoms with van der Waals surface area (Å²) in [5, 5.41) is 0. The van der Waals surface area contributed by atoms with Crippen molar-refractivity contribution < 1.29 is 4.74 Å². The average Bonchev–Trinajstić information content (AvgIpc) is 2.89. The molecule has 4 atom stereocenters. The monoisotopic (exact) mass is 309 g/mol. The van der Waals surface area contributed by atoms with Crippen LogP contribution in [0.3, 0.4) is 0 Å². The lowest BCUT2D eigenvalue weighted by Crippen LogP contribution is -2.32. The predicted octanol–water partition coefficient (Wildman–Crippen LogP) is 4.99. The van der Waals surface area contributed by atoms with Crippen LogP contribution in [-0.2, 0) is 4.74 Å². The Hall–Kier alpha value is -1.64. The average molecular weight is 309 g/mol. The van der Waals surface area contributed by atoms with Gasteiger partial charge in [-0.15, -0.1) is 0 Å². The van der Waals surface area contributed by atoms with Crippen LogP contribution >= 0.6 is 0 Å². The van der Waals surface area contributed by atoms with E-state index >= 15 is 0 Å². The maximum Gasteiger partial charge on any atom is 0.112 e. The zero-order valence-corrected chi connectivity index (χ0v) is 14.4. The van der Waals surface area contributed by atoms with Gasteiger partial charge in [0.25, 0.3) is 0 Å². The minimum atomic E-state index is 0.166. The lowest BCUT2D eigenvalue weighted by Gasteiger charge is -2.25. The molecule has 3 rings (SSSR count). The van der Waals surface area contributed by atoms with Crippen molar-refractivity contribution in [2.45, 2.75) is 51.0 Å². The van der Waals surface area contributed by atoms with Gasteiger partial charge in [-0.1, -0.05) is 67.6 Å². The third kappa shape index (κ3) is 3.49. The van der Waals surface area contributed by atoms with E-state index in [-0.39, 0.29) is 12.3 Å². The molecule has 0 bridgehead atoms. The summed E-state index contributed by atoms with van der Waals surface area (Å²) in [6.07, 6.45) is 2.53. The van der Waals surface area contributed by atoms with Crippen LogP contribution in [-0.4, -0.2) is 24.2 Å². The van der Waals surface area contributed by atoms with E-state index in [1.54, 1.807) is 0 Å². The van der Waals surface area contributed by atoms with Crippen LogP contribution in [0.4, 0.5) is 0 Å². The fourth-order valence-electron chi connectivity index (χ4n) is 3.58. The van der Waals surface area contributed by atoms with Gasteiger partial charge in [0.05, 0.1) is 6.10 Å². The fourth-order valence-corrected chi connectivity index (χ4v) is 3.58. The molecule has 0 saturated carbocycles. The summed E-state index contributed by atoms with van der Waals surface area (Å²) in [6, 6.07) is 21.8. The SMILES string of the molecule is CC[C@H](C[C@@H]1O[C@H](c2ccccc2)[C@H](C)N1C)c1ccccc1. The lowest BCUT2D eigenvalue weighted by atomic mass is 9.92. The molecule has 1 heterocycles. The Morgan fingerprint density at radius 2 is 1.61 bits per heavy atom. The van der Waals surface area contributed by atoms with Crippen molar-refractivity contribution in [1.82, 2.24) is 4.90 Å². The molecule has 1 aliphatic heterocycles. The van der Waals surface area contributed by atoms with Gasteiger partial charge in [-0.3, -0.25) is 4.90 Å². The molecule has 2 heteroatoms. The van der Waals surface area contributed by atoms with E-state index in [9.17, 15) is 0 Å². The zero-order chi connectivity index (χ0) is 16.2. The number of hydrogen-bond acceptors (Lipinski definition) is 2. The van der Waals surface area contributed by atoms with Crippen molar-refractivity contribution in [3.63, 3.8) is 0 Å². The number of likely N-dealkylation sites (N-methyl/N-ethyl adjacent to an activating group) is 1. The molecule has 0 aromatic heterocycles. The van der Waals surface area contributed by atoms with E-state index in [1.165, 1.54) is 11.1 Å². The van der Waals surface area contributed by atoms with E-state index in [2.05, 4.69) is 86.5 Å². The smallest absolute Gasteiger partial charge is 0.112 e. The number of ether oxygens (including phenoxy) is 1. The van der Waals surface area contributed by atoms with Gasteiger partial charge in [0.1, 0.15) is 6.23 Å². The second kappa shape index (κ2) is 7.29. The highest BCUT2D eigenvalue weighted by Gasteiger charge is 2.38. The summed E-state index contributed by atoms with van der Waals surface area (Å²) in [5.74, 6) is 0.547. The van der Waals surface area contributed by atoms with E-state index in [0.29, 0.717) is 12.0 Å². The van der Waals surface area contributed by atoms with Crippen LogP contribution in [0, 0.1) is 0 Å². The number of nitrogens with zero attached hydrogens (tertiary/aromatic N) is 1. The number of benzene rings is 2. The van der Waals surface area contributed by atoms with Crippen LogP contribution in [0.25, 0.3) is 0 Å². The van der Waals surface area contributed by atoms with Crippen molar-refractivity contribution in [3.8, 4) is 0 Å². The van der Waals surface area contributed by atoms with Crippen molar-refractivity contribution in [3.05, 3.63) is 71.8 Å². The lowest BCUT2D eigenvalue weighted by molar-refractivity contribution is -0.00303. The first kappa shape index (κ1) is 16.2. The van der Waals surface area contributed by atoms with Gasteiger partial charge in [-0.2, -0.15) is 0 Å². The highest BCUT2D eigenvalue weighted by atomic mass is 16.5. The molecular weight excluding hydrogens is 282 g/mol. The second-order valence-electron chi connectivity index (χ2n) is 6.58. The Morgan fingerprint density at radius 3 is 2.22 bits per heavy atom. The number of hydrogen-bond donors (Lipinski definition) is 0. The molecular formula is C21H27NO. The first-order valence-electron chi connectivity index (χ1n) is 8.68. The normalized spacial score (nSPS) is 26.3. The molecule has 1 saturated heterocycles. The van der Waals surface area contributed by atoms with Crippen LogP contribution in [0.2, 0.25) is 0 Å². The minimum absolute atomic E-state index is 0.166. The molecule has 2 aromatic rings. The quantitative estimate of drug-likeness (QED) is 0.771. The highest BCUT2D eigenvalue weighted by Crippen LogP contribution is 2.38. The molecule has 0 radical (unpaired) electrons. The molecule has 1 fully saturated rings. The first-order valence-corrected chi connectivity index (χ1v) is 8.68. The maximum absolute atomic E-state index is 6.45. The van der Waals surface area contributed by atoms with E-state index in [4.69, 9.17) is 4.74 Å². The number of rotatable bonds is 5. The molecule has 2 aromatic carbocycles. The Bertz CT molecular complexity index is 598. The molecule has 23 heavy (non-hydrogen) atoms.